The van der Waals surface area contributed by atoms with Gasteiger partial charge in [-0.1, -0.05) is 18.9 Å². The van der Waals surface area contributed by atoms with Crippen LogP contribution in [-0.4, -0.2) is 35.9 Å². The average Bonchev–Trinajstić information content (AvgIpc) is 3.03. The molecule has 1 aromatic carbocycles. The third kappa shape index (κ3) is 2.48. The molecule has 1 heterocycles. The van der Waals surface area contributed by atoms with E-state index in [9.17, 15) is 9.59 Å². The Hall–Kier alpha value is -2.04. The third-order valence-electron chi connectivity index (χ3n) is 5.10. The van der Waals surface area contributed by atoms with Crippen LogP contribution in [-0.2, 0) is 9.59 Å². The summed E-state index contributed by atoms with van der Waals surface area (Å²) in [5.41, 5.74) is 0.235. The van der Waals surface area contributed by atoms with Gasteiger partial charge in [-0.2, -0.15) is 0 Å². The molecule has 23 heavy (non-hydrogen) atoms. The fraction of sp³-hybridized carbons (Fsp3) is 0.556. The van der Waals surface area contributed by atoms with Gasteiger partial charge in [0.05, 0.1) is 12.5 Å². The second kappa shape index (κ2) is 5.87. The van der Waals surface area contributed by atoms with Crippen LogP contribution in [0, 0.1) is 5.41 Å². The molecule has 3 rings (SSSR count). The Kier molecular flexibility index (Phi) is 4.04. The zero-order chi connectivity index (χ0) is 16.6. The maximum Gasteiger partial charge on any atom is 0.248 e. The van der Waals surface area contributed by atoms with Crippen molar-refractivity contribution in [1.82, 2.24) is 4.90 Å². The number of carbonyl (C=O) groups excluding carboxylic acids is 2. The molecule has 5 nitrogen and oxygen atoms in total. The highest BCUT2D eigenvalue weighted by atomic mass is 16.5. The van der Waals surface area contributed by atoms with E-state index < -0.39 is 5.41 Å². The minimum atomic E-state index is -0.465. The number of ether oxygens (including phenoxy) is 1. The second-order valence-electron chi connectivity index (χ2n) is 6.79. The molecule has 1 N–H and O–H groups in total. The number of anilines is 1. The van der Waals surface area contributed by atoms with Crippen LogP contribution in [0.15, 0.2) is 24.3 Å². The summed E-state index contributed by atoms with van der Waals surface area (Å²) in [6.07, 6.45) is 3.71. The molecule has 1 unspecified atom stereocenters. The van der Waals surface area contributed by atoms with Crippen molar-refractivity contribution < 1.29 is 14.3 Å². The summed E-state index contributed by atoms with van der Waals surface area (Å²) in [7, 11) is 1.60. The Morgan fingerprint density at radius 3 is 2.65 bits per heavy atom. The largest absolute Gasteiger partial charge is 0.497 e. The zero-order valence-electron chi connectivity index (χ0n) is 14.0. The van der Waals surface area contributed by atoms with E-state index in [1.54, 1.807) is 18.1 Å². The number of β-lactam (4-membered cyclic amide) rings is 1. The quantitative estimate of drug-likeness (QED) is 0.869. The minimum absolute atomic E-state index is 0.0368. The lowest BCUT2D eigenvalue weighted by molar-refractivity contribution is -0.179. The lowest BCUT2D eigenvalue weighted by Gasteiger charge is -2.55. The van der Waals surface area contributed by atoms with Gasteiger partial charge in [0.1, 0.15) is 11.8 Å². The van der Waals surface area contributed by atoms with Gasteiger partial charge in [0.15, 0.2) is 0 Å². The van der Waals surface area contributed by atoms with Crippen LogP contribution in [0.4, 0.5) is 5.69 Å². The van der Waals surface area contributed by atoms with E-state index in [1.165, 1.54) is 0 Å². The summed E-state index contributed by atoms with van der Waals surface area (Å²) in [6.45, 7) is 3.93. The molecule has 0 radical (unpaired) electrons. The minimum Gasteiger partial charge on any atom is -0.497 e. The van der Waals surface area contributed by atoms with Crippen molar-refractivity contribution in [3.05, 3.63) is 24.3 Å². The lowest BCUT2D eigenvalue weighted by Crippen LogP contribution is -2.73. The van der Waals surface area contributed by atoms with Crippen LogP contribution in [0.25, 0.3) is 0 Å². The SMILES string of the molecule is COc1cccc(NC(=O)C2N(C(C)C)C(=O)C23CCCC3)c1. The first-order valence-electron chi connectivity index (χ1n) is 8.27. The molecule has 2 amide bonds. The van der Waals surface area contributed by atoms with Crippen molar-refractivity contribution in [2.24, 2.45) is 5.41 Å². The van der Waals surface area contributed by atoms with E-state index in [4.69, 9.17) is 4.74 Å². The number of hydrogen-bond donors (Lipinski definition) is 1. The first-order chi connectivity index (χ1) is 11.0. The van der Waals surface area contributed by atoms with Crippen molar-refractivity contribution >= 4 is 17.5 Å². The molecule has 5 heteroatoms. The number of nitrogens with one attached hydrogen (secondary N) is 1. The highest BCUT2D eigenvalue weighted by molar-refractivity contribution is 6.07. The molecule has 1 saturated carbocycles. The highest BCUT2D eigenvalue weighted by Crippen LogP contribution is 2.52. The number of amides is 2. The normalized spacial score (nSPS) is 22.3. The standard InChI is InChI=1S/C18H24N2O3/c1-12(2)20-15(18(17(20)22)9-4-5-10-18)16(21)19-13-7-6-8-14(11-13)23-3/h6-8,11-12,15H,4-5,9-10H2,1-3H3,(H,19,21). The van der Waals surface area contributed by atoms with Gasteiger partial charge in [-0.05, 0) is 38.8 Å². The number of hydrogen-bond acceptors (Lipinski definition) is 3. The lowest BCUT2D eigenvalue weighted by atomic mass is 9.68. The molecule has 1 spiro atoms. The Balaban J connectivity index is 1.82. The molecule has 1 aliphatic heterocycles. The molecule has 2 aliphatic rings. The van der Waals surface area contributed by atoms with Crippen molar-refractivity contribution in [2.45, 2.75) is 51.6 Å². The van der Waals surface area contributed by atoms with Crippen molar-refractivity contribution in [1.29, 1.82) is 0 Å². The van der Waals surface area contributed by atoms with Crippen LogP contribution in [0.1, 0.15) is 39.5 Å². The maximum absolute atomic E-state index is 12.9. The third-order valence-corrected chi connectivity index (χ3v) is 5.10. The van der Waals surface area contributed by atoms with Crippen LogP contribution >= 0.6 is 0 Å². The fourth-order valence-corrected chi connectivity index (χ4v) is 4.01. The van der Waals surface area contributed by atoms with Crippen LogP contribution in [0.5, 0.6) is 5.75 Å². The number of rotatable bonds is 4. The van der Waals surface area contributed by atoms with Crippen molar-refractivity contribution in [3.8, 4) is 5.75 Å². The van der Waals surface area contributed by atoms with Gasteiger partial charge in [0.2, 0.25) is 11.8 Å². The van der Waals surface area contributed by atoms with Crippen LogP contribution < -0.4 is 10.1 Å². The summed E-state index contributed by atoms with van der Waals surface area (Å²) in [5.74, 6) is 0.757. The highest BCUT2D eigenvalue weighted by Gasteiger charge is 2.64. The molecule has 1 atom stereocenters. The summed E-state index contributed by atoms with van der Waals surface area (Å²) < 4.78 is 5.19. The number of carbonyl (C=O) groups is 2. The average molecular weight is 316 g/mol. The number of likely N-dealkylation sites (tertiary alicyclic amines) is 1. The Morgan fingerprint density at radius 2 is 2.04 bits per heavy atom. The molecular formula is C18H24N2O3. The predicted octanol–water partition coefficient (Wildman–Crippen LogP) is 2.81. The summed E-state index contributed by atoms with van der Waals surface area (Å²) >= 11 is 0. The smallest absolute Gasteiger partial charge is 0.248 e. The Bertz CT molecular complexity index is 620. The first-order valence-corrected chi connectivity index (χ1v) is 8.27. The molecule has 0 bridgehead atoms. The van der Waals surface area contributed by atoms with E-state index in [0.29, 0.717) is 11.4 Å². The summed E-state index contributed by atoms with van der Waals surface area (Å²) in [5, 5.41) is 2.96. The Labute approximate surface area is 137 Å². The van der Waals surface area contributed by atoms with Gasteiger partial charge >= 0.3 is 0 Å². The maximum atomic E-state index is 12.9. The van der Waals surface area contributed by atoms with Gasteiger partial charge < -0.3 is 15.0 Å². The first kappa shape index (κ1) is 15.8. The van der Waals surface area contributed by atoms with E-state index >= 15 is 0 Å². The van der Waals surface area contributed by atoms with Crippen molar-refractivity contribution in [3.63, 3.8) is 0 Å². The van der Waals surface area contributed by atoms with Gasteiger partial charge in [-0.3, -0.25) is 9.59 Å². The number of benzene rings is 1. The van der Waals surface area contributed by atoms with Gasteiger partial charge in [-0.15, -0.1) is 0 Å². The Morgan fingerprint density at radius 1 is 1.35 bits per heavy atom. The van der Waals surface area contributed by atoms with E-state index in [1.807, 2.05) is 32.0 Å². The van der Waals surface area contributed by atoms with E-state index in [2.05, 4.69) is 5.32 Å². The molecule has 1 saturated heterocycles. The van der Waals surface area contributed by atoms with E-state index in [0.717, 1.165) is 25.7 Å². The fourth-order valence-electron chi connectivity index (χ4n) is 4.01. The predicted molar refractivity (Wildman–Crippen MR) is 88.3 cm³/mol. The van der Waals surface area contributed by atoms with Gasteiger partial charge in [0.25, 0.3) is 0 Å². The van der Waals surface area contributed by atoms with Crippen LogP contribution in [0.3, 0.4) is 0 Å². The molecular weight excluding hydrogens is 292 g/mol. The summed E-state index contributed by atoms with van der Waals surface area (Å²) in [4.78, 5) is 27.2. The molecule has 124 valence electrons. The molecule has 2 fully saturated rings. The molecule has 0 aromatic heterocycles. The topological polar surface area (TPSA) is 58.6 Å². The van der Waals surface area contributed by atoms with Crippen molar-refractivity contribution in [2.75, 3.05) is 12.4 Å². The molecule has 1 aliphatic carbocycles. The van der Waals surface area contributed by atoms with Crippen LogP contribution in [0.2, 0.25) is 0 Å². The summed E-state index contributed by atoms with van der Waals surface area (Å²) in [6, 6.07) is 6.98. The monoisotopic (exact) mass is 316 g/mol. The zero-order valence-corrected chi connectivity index (χ0v) is 14.0. The van der Waals surface area contributed by atoms with Gasteiger partial charge in [0, 0.05) is 17.8 Å². The van der Waals surface area contributed by atoms with Gasteiger partial charge in [-0.25, -0.2) is 0 Å². The number of nitrogens with zero attached hydrogens (tertiary/aromatic N) is 1. The van der Waals surface area contributed by atoms with E-state index in [-0.39, 0.29) is 23.9 Å². The molecule has 1 aromatic rings. The second-order valence-corrected chi connectivity index (χ2v) is 6.79. The number of methoxy groups -OCH3 is 1.